The Kier molecular flexibility index (Phi) is 2.16. The molecule has 2 aliphatic rings. The molecule has 1 amide bonds. The molecule has 76 valence electrons. The van der Waals surface area contributed by atoms with E-state index in [1.54, 1.807) is 24.3 Å². The Bertz CT molecular complexity index is 426. The third-order valence-electron chi connectivity index (χ3n) is 2.35. The maximum absolute atomic E-state index is 11.6. The molecule has 0 aromatic carbocycles. The first-order chi connectivity index (χ1) is 6.50. The van der Waals surface area contributed by atoms with E-state index < -0.39 is 21.2 Å². The third kappa shape index (κ3) is 1.46. The first-order valence-electron chi connectivity index (χ1n) is 4.13. The van der Waals surface area contributed by atoms with Crippen molar-refractivity contribution in [2.75, 3.05) is 0 Å². The van der Waals surface area contributed by atoms with Crippen LogP contribution in [-0.4, -0.2) is 24.7 Å². The summed E-state index contributed by atoms with van der Waals surface area (Å²) < 4.78 is 23.0. The van der Waals surface area contributed by atoms with Gasteiger partial charge in [-0.15, -0.1) is 0 Å². The number of nitrogens with zero attached hydrogens (tertiary/aromatic N) is 1. The molecule has 2 bridgehead atoms. The van der Waals surface area contributed by atoms with Gasteiger partial charge in [-0.2, -0.15) is 8.42 Å². The average Bonchev–Trinajstić information content (AvgIpc) is 2.28. The van der Waals surface area contributed by atoms with E-state index in [0.29, 0.717) is 6.42 Å². The zero-order chi connectivity index (χ0) is 10.3. The second kappa shape index (κ2) is 3.10. The van der Waals surface area contributed by atoms with Gasteiger partial charge in [0.25, 0.3) is 0 Å². The summed E-state index contributed by atoms with van der Waals surface area (Å²) in [4.78, 5) is 11.6. The van der Waals surface area contributed by atoms with E-state index in [1.807, 2.05) is 0 Å². The van der Waals surface area contributed by atoms with Crippen LogP contribution in [0.1, 0.15) is 6.42 Å². The molecule has 0 aromatic heterocycles. The first kappa shape index (κ1) is 9.73. The van der Waals surface area contributed by atoms with Crippen LogP contribution in [0.4, 0.5) is 0 Å². The van der Waals surface area contributed by atoms with Gasteiger partial charge in [-0.3, -0.25) is 4.79 Å². The molecule has 1 aliphatic carbocycles. The number of hydrogen-bond acceptors (Lipinski definition) is 3. The van der Waals surface area contributed by atoms with E-state index in [9.17, 15) is 13.2 Å². The molecule has 0 spiro atoms. The van der Waals surface area contributed by atoms with Crippen LogP contribution in [0.2, 0.25) is 0 Å². The predicted molar refractivity (Wildman–Crippen MR) is 51.8 cm³/mol. The molecule has 1 fully saturated rings. The average molecular weight is 234 g/mol. The van der Waals surface area contributed by atoms with E-state index in [1.165, 1.54) is 0 Å². The fraction of sp³-hybridized carbons (Fsp3) is 0.375. The lowest BCUT2D eigenvalue weighted by molar-refractivity contribution is -0.126. The van der Waals surface area contributed by atoms with Gasteiger partial charge in [0.1, 0.15) is 0 Å². The number of fused-ring (bicyclic) bond motifs is 2. The van der Waals surface area contributed by atoms with Crippen LogP contribution in [0.3, 0.4) is 0 Å². The van der Waals surface area contributed by atoms with E-state index in [2.05, 4.69) is 0 Å². The highest BCUT2D eigenvalue weighted by atomic mass is 35.7. The van der Waals surface area contributed by atoms with Crippen LogP contribution in [0, 0.1) is 5.92 Å². The minimum atomic E-state index is -3.95. The highest BCUT2D eigenvalue weighted by Gasteiger charge is 2.43. The first-order valence-corrected chi connectivity index (χ1v) is 6.39. The molecule has 0 N–H and O–H groups in total. The van der Waals surface area contributed by atoms with Gasteiger partial charge in [0.05, 0.1) is 12.0 Å². The maximum Gasteiger partial charge on any atom is 0.324 e. The van der Waals surface area contributed by atoms with Gasteiger partial charge >= 0.3 is 9.24 Å². The van der Waals surface area contributed by atoms with Crippen molar-refractivity contribution in [1.29, 1.82) is 0 Å². The molecule has 6 heteroatoms. The summed E-state index contributed by atoms with van der Waals surface area (Å²) in [7, 11) is 1.22. The summed E-state index contributed by atoms with van der Waals surface area (Å²) in [5.74, 6) is -0.797. The Labute approximate surface area is 86.4 Å². The molecule has 0 aromatic rings. The van der Waals surface area contributed by atoms with Crippen molar-refractivity contribution in [1.82, 2.24) is 4.31 Å². The SMILES string of the molecule is O=C1C2C=CC=CC(C2)N1S(=O)(=O)Cl. The molecule has 14 heavy (non-hydrogen) atoms. The smallest absolute Gasteiger partial charge is 0.273 e. The molecule has 2 rings (SSSR count). The predicted octanol–water partition coefficient (Wildman–Crippen LogP) is 0.813. The number of halogens is 1. The molecule has 4 nitrogen and oxygen atoms in total. The molecule has 1 saturated heterocycles. The number of rotatable bonds is 1. The van der Waals surface area contributed by atoms with Gasteiger partial charge < -0.3 is 0 Å². The standard InChI is InChI=1S/C8H8ClNO3S/c9-14(12,13)10-7-4-2-1-3-6(5-7)8(10)11/h1-4,6-7H,5H2. The molecular weight excluding hydrogens is 226 g/mol. The highest BCUT2D eigenvalue weighted by Crippen LogP contribution is 2.32. The Morgan fingerprint density at radius 1 is 1.36 bits per heavy atom. The monoisotopic (exact) mass is 233 g/mol. The van der Waals surface area contributed by atoms with Crippen molar-refractivity contribution in [3.8, 4) is 0 Å². The Morgan fingerprint density at radius 3 is 2.64 bits per heavy atom. The zero-order valence-corrected chi connectivity index (χ0v) is 8.70. The molecule has 1 heterocycles. The lowest BCUT2D eigenvalue weighted by Gasteiger charge is -2.17. The fourth-order valence-corrected chi connectivity index (χ4v) is 3.10. The minimum Gasteiger partial charge on any atom is -0.273 e. The Hall–Kier alpha value is -0.810. The van der Waals surface area contributed by atoms with Gasteiger partial charge in [0.2, 0.25) is 5.91 Å². The molecule has 2 atom stereocenters. The van der Waals surface area contributed by atoms with Crippen LogP contribution in [0.15, 0.2) is 24.3 Å². The van der Waals surface area contributed by atoms with Crippen molar-refractivity contribution < 1.29 is 13.2 Å². The van der Waals surface area contributed by atoms with Crippen LogP contribution in [0.25, 0.3) is 0 Å². The van der Waals surface area contributed by atoms with Crippen molar-refractivity contribution >= 4 is 25.8 Å². The van der Waals surface area contributed by atoms with Gasteiger partial charge in [-0.25, -0.2) is 4.31 Å². The van der Waals surface area contributed by atoms with Crippen LogP contribution >= 0.6 is 10.7 Å². The summed E-state index contributed by atoms with van der Waals surface area (Å²) in [6, 6.07) is -0.426. The number of hydrogen-bond donors (Lipinski definition) is 0. The van der Waals surface area contributed by atoms with Crippen LogP contribution < -0.4 is 0 Å². The topological polar surface area (TPSA) is 54.5 Å². The Morgan fingerprint density at radius 2 is 2.00 bits per heavy atom. The summed E-state index contributed by atoms with van der Waals surface area (Å²) in [6.45, 7) is 0. The van der Waals surface area contributed by atoms with Gasteiger partial charge in [-0.1, -0.05) is 24.3 Å². The van der Waals surface area contributed by atoms with E-state index in [-0.39, 0.29) is 5.92 Å². The van der Waals surface area contributed by atoms with Crippen LogP contribution in [0.5, 0.6) is 0 Å². The van der Waals surface area contributed by atoms with Crippen molar-refractivity contribution in [2.24, 2.45) is 5.92 Å². The van der Waals surface area contributed by atoms with E-state index >= 15 is 0 Å². The number of amides is 1. The quantitative estimate of drug-likeness (QED) is 0.630. The lowest BCUT2D eigenvalue weighted by Crippen LogP contribution is -2.35. The second-order valence-electron chi connectivity index (χ2n) is 3.26. The largest absolute Gasteiger partial charge is 0.324 e. The summed E-state index contributed by atoms with van der Waals surface area (Å²) >= 11 is 0. The second-order valence-corrected chi connectivity index (χ2v) is 5.64. The summed E-state index contributed by atoms with van der Waals surface area (Å²) in [6.07, 6.45) is 7.33. The van der Waals surface area contributed by atoms with Crippen molar-refractivity contribution in [2.45, 2.75) is 12.5 Å². The number of carbonyl (C=O) groups excluding carboxylic acids is 1. The lowest BCUT2D eigenvalue weighted by atomic mass is 10.1. The van der Waals surface area contributed by atoms with Gasteiger partial charge in [0, 0.05) is 10.7 Å². The van der Waals surface area contributed by atoms with Crippen LogP contribution in [-0.2, 0) is 14.0 Å². The zero-order valence-electron chi connectivity index (χ0n) is 7.13. The number of allylic oxidation sites excluding steroid dienone is 2. The molecule has 1 aliphatic heterocycles. The number of carbonyl (C=O) groups is 1. The van der Waals surface area contributed by atoms with Gasteiger partial charge in [-0.05, 0) is 6.42 Å². The van der Waals surface area contributed by atoms with E-state index in [0.717, 1.165) is 4.31 Å². The normalized spacial score (nSPS) is 30.9. The van der Waals surface area contributed by atoms with Gasteiger partial charge in [0.15, 0.2) is 0 Å². The molecule has 2 unspecified atom stereocenters. The fourth-order valence-electron chi connectivity index (χ4n) is 1.76. The maximum atomic E-state index is 11.6. The highest BCUT2D eigenvalue weighted by molar-refractivity contribution is 8.12. The Balaban J connectivity index is 2.43. The summed E-state index contributed by atoms with van der Waals surface area (Å²) in [5, 5.41) is 0. The minimum absolute atomic E-state index is 0.358. The summed E-state index contributed by atoms with van der Waals surface area (Å²) in [5.41, 5.74) is 0. The van der Waals surface area contributed by atoms with Crippen molar-refractivity contribution in [3.05, 3.63) is 24.3 Å². The molecule has 0 radical (unpaired) electrons. The molecule has 0 saturated carbocycles. The third-order valence-corrected chi connectivity index (χ3v) is 3.72. The molecular formula is C8H8ClNO3S. The van der Waals surface area contributed by atoms with E-state index in [4.69, 9.17) is 10.7 Å². The van der Waals surface area contributed by atoms with Crippen molar-refractivity contribution in [3.63, 3.8) is 0 Å².